The van der Waals surface area contributed by atoms with Crippen LogP contribution in [0.5, 0.6) is 0 Å². The summed E-state index contributed by atoms with van der Waals surface area (Å²) < 4.78 is 0. The number of benzene rings is 1. The van der Waals surface area contributed by atoms with Gasteiger partial charge in [-0.25, -0.2) is 5.84 Å². The zero-order valence-corrected chi connectivity index (χ0v) is 20.4. The molecule has 0 spiro atoms. The van der Waals surface area contributed by atoms with E-state index in [0.717, 1.165) is 53.2 Å². The third kappa shape index (κ3) is 3.67. The number of nitrogens with zero attached hydrogens (tertiary/aromatic N) is 1. The number of anilines is 2. The molecule has 176 valence electrons. The van der Waals surface area contributed by atoms with Crippen LogP contribution in [0.3, 0.4) is 0 Å². The summed E-state index contributed by atoms with van der Waals surface area (Å²) in [5, 5.41) is 1.58. The molecule has 5 rings (SSSR count). The topological polar surface area (TPSA) is 72.3 Å². The first-order valence-electron chi connectivity index (χ1n) is 13.2. The number of nitrogen functional groups attached to an aromatic ring is 1. The Balaban J connectivity index is 1.29. The fraction of sp³-hybridized carbons (Fsp3) is 0.750. The summed E-state index contributed by atoms with van der Waals surface area (Å²) in [4.78, 5) is 13.5. The molecule has 1 aromatic carbocycles. The van der Waals surface area contributed by atoms with Crippen LogP contribution in [0.1, 0.15) is 77.2 Å². The summed E-state index contributed by atoms with van der Waals surface area (Å²) in [6.45, 7) is 7.18. The van der Waals surface area contributed by atoms with Gasteiger partial charge in [0.25, 0.3) is 0 Å². The molecule has 0 amide bonds. The van der Waals surface area contributed by atoms with Crippen molar-refractivity contribution in [3.05, 3.63) is 23.8 Å². The van der Waals surface area contributed by atoms with Crippen molar-refractivity contribution in [3.63, 3.8) is 0 Å². The number of rotatable bonds is 4. The highest BCUT2D eigenvalue weighted by Gasteiger charge is 2.58. The van der Waals surface area contributed by atoms with Crippen LogP contribution in [-0.2, 0) is 4.79 Å². The van der Waals surface area contributed by atoms with E-state index in [-0.39, 0.29) is 17.9 Å². The molecule has 4 aliphatic rings. The molecule has 8 atom stereocenters. The van der Waals surface area contributed by atoms with Gasteiger partial charge in [0.2, 0.25) is 0 Å². The van der Waals surface area contributed by atoms with Crippen molar-refractivity contribution in [2.75, 3.05) is 17.3 Å². The molecule has 0 heterocycles. The van der Waals surface area contributed by atoms with E-state index < -0.39 is 0 Å². The molecule has 0 aromatic heterocycles. The zero-order chi connectivity index (χ0) is 22.6. The van der Waals surface area contributed by atoms with Gasteiger partial charge >= 0.3 is 0 Å². The Kier molecular flexibility index (Phi) is 5.80. The first kappa shape index (κ1) is 22.3. The number of hydrogen-bond donors (Lipinski definition) is 2. The van der Waals surface area contributed by atoms with E-state index >= 15 is 0 Å². The molecule has 4 nitrogen and oxygen atoms in total. The second kappa shape index (κ2) is 8.34. The summed E-state index contributed by atoms with van der Waals surface area (Å²) in [5.41, 5.74) is 8.86. The van der Waals surface area contributed by atoms with Gasteiger partial charge in [0.15, 0.2) is 5.78 Å². The molecule has 0 bridgehead atoms. The summed E-state index contributed by atoms with van der Waals surface area (Å²) in [7, 11) is 0. The van der Waals surface area contributed by atoms with E-state index in [9.17, 15) is 4.79 Å². The number of carbonyl (C=O) groups is 1. The van der Waals surface area contributed by atoms with Crippen molar-refractivity contribution in [2.24, 2.45) is 52.7 Å². The molecule has 4 fully saturated rings. The molecule has 8 unspecified atom stereocenters. The minimum atomic E-state index is 0.148. The van der Waals surface area contributed by atoms with Crippen molar-refractivity contribution in [1.29, 1.82) is 0 Å². The summed E-state index contributed by atoms with van der Waals surface area (Å²) in [6.07, 6.45) is 12.0. The molecular formula is C28H43N3O. The predicted octanol–water partition coefficient (Wildman–Crippen LogP) is 5.73. The van der Waals surface area contributed by atoms with E-state index in [1.54, 1.807) is 5.01 Å². The van der Waals surface area contributed by atoms with E-state index in [1.807, 2.05) is 25.1 Å². The lowest BCUT2D eigenvalue weighted by Gasteiger charge is -2.56. The average molecular weight is 438 g/mol. The Labute approximate surface area is 194 Å². The van der Waals surface area contributed by atoms with Crippen LogP contribution in [0.4, 0.5) is 11.4 Å². The monoisotopic (exact) mass is 437 g/mol. The quantitative estimate of drug-likeness (QED) is 0.358. The number of hydrazine groups is 1. The Morgan fingerprint density at radius 2 is 1.84 bits per heavy atom. The Hall–Kier alpha value is -1.55. The van der Waals surface area contributed by atoms with Crippen LogP contribution in [0, 0.1) is 53.8 Å². The average Bonchev–Trinajstić information content (AvgIpc) is 3.10. The van der Waals surface area contributed by atoms with Crippen molar-refractivity contribution in [1.82, 2.24) is 0 Å². The maximum atomic E-state index is 13.5. The van der Waals surface area contributed by atoms with Gasteiger partial charge in [0.05, 0.1) is 17.9 Å². The van der Waals surface area contributed by atoms with Crippen molar-refractivity contribution in [2.45, 2.75) is 78.6 Å². The Morgan fingerprint density at radius 1 is 1.06 bits per heavy atom. The molecule has 4 aliphatic carbocycles. The lowest BCUT2D eigenvalue weighted by atomic mass is 9.49. The van der Waals surface area contributed by atoms with Crippen LogP contribution in [0.25, 0.3) is 0 Å². The molecule has 4 saturated carbocycles. The van der Waals surface area contributed by atoms with Gasteiger partial charge < -0.3 is 10.7 Å². The van der Waals surface area contributed by atoms with E-state index in [4.69, 9.17) is 11.6 Å². The highest BCUT2D eigenvalue weighted by molar-refractivity contribution is 5.87. The van der Waals surface area contributed by atoms with Gasteiger partial charge in [0.1, 0.15) is 0 Å². The fourth-order valence-corrected chi connectivity index (χ4v) is 8.92. The lowest BCUT2D eigenvalue weighted by molar-refractivity contribution is -0.129. The largest absolute Gasteiger partial charge is 0.397 e. The number of fused-ring (bicyclic) bond motifs is 5. The highest BCUT2D eigenvalue weighted by Crippen LogP contribution is 2.64. The van der Waals surface area contributed by atoms with Crippen molar-refractivity contribution >= 4 is 17.2 Å². The molecular weight excluding hydrogens is 394 g/mol. The van der Waals surface area contributed by atoms with Crippen LogP contribution in [-0.4, -0.2) is 12.3 Å². The van der Waals surface area contributed by atoms with E-state index in [1.165, 1.54) is 51.4 Å². The van der Waals surface area contributed by atoms with Gasteiger partial charge in [0, 0.05) is 5.92 Å². The number of Topliss-reactive ketones (excluding diaryl/α,β-unsaturated/α-hetero) is 1. The van der Waals surface area contributed by atoms with Crippen LogP contribution in [0.15, 0.2) is 18.2 Å². The van der Waals surface area contributed by atoms with E-state index in [0.29, 0.717) is 11.5 Å². The Morgan fingerprint density at radius 3 is 2.62 bits per heavy atom. The highest BCUT2D eigenvalue weighted by atomic mass is 16.1. The smallest absolute Gasteiger partial charge is 0.157 e. The fourth-order valence-electron chi connectivity index (χ4n) is 8.92. The van der Waals surface area contributed by atoms with E-state index in [2.05, 4.69) is 13.8 Å². The standard InChI is InChI=1S/C28H43N3O/c1-17-4-7-20-19(14-17)6-8-22-21(20)12-13-28(3)23(22)9-10-24(28)27(32)16-31(30)26-11-5-18(2)15-25(26)29/h5,11,15,17,19-24H,4,6-10,12-14,16,29-30H2,1-3H3. The predicted molar refractivity (Wildman–Crippen MR) is 132 cm³/mol. The summed E-state index contributed by atoms with van der Waals surface area (Å²) in [5.74, 6) is 12.2. The number of ketones is 1. The second-order valence-corrected chi connectivity index (χ2v) is 12.2. The van der Waals surface area contributed by atoms with Gasteiger partial charge in [-0.1, -0.05) is 26.3 Å². The summed E-state index contributed by atoms with van der Waals surface area (Å²) in [6, 6.07) is 5.87. The molecule has 0 radical (unpaired) electrons. The van der Waals surface area contributed by atoms with Crippen LogP contribution >= 0.6 is 0 Å². The molecule has 1 aromatic rings. The van der Waals surface area contributed by atoms with Gasteiger partial charge in [-0.05, 0) is 117 Å². The zero-order valence-electron chi connectivity index (χ0n) is 20.4. The first-order valence-corrected chi connectivity index (χ1v) is 13.2. The molecule has 0 saturated heterocycles. The maximum absolute atomic E-state index is 13.5. The van der Waals surface area contributed by atoms with Crippen LogP contribution in [0.2, 0.25) is 0 Å². The van der Waals surface area contributed by atoms with Crippen LogP contribution < -0.4 is 16.6 Å². The first-order chi connectivity index (χ1) is 15.3. The number of nitrogens with two attached hydrogens (primary N) is 2. The third-order valence-electron chi connectivity index (χ3n) is 10.4. The van der Waals surface area contributed by atoms with Gasteiger partial charge in [-0.2, -0.15) is 0 Å². The second-order valence-electron chi connectivity index (χ2n) is 12.2. The third-order valence-corrected chi connectivity index (χ3v) is 10.4. The molecule has 4 heteroatoms. The number of carbonyl (C=O) groups excluding carboxylic acids is 1. The minimum absolute atomic E-state index is 0.148. The normalized spacial score (nSPS) is 40.8. The molecule has 4 N–H and O–H groups in total. The summed E-state index contributed by atoms with van der Waals surface area (Å²) >= 11 is 0. The number of hydrogen-bond acceptors (Lipinski definition) is 4. The minimum Gasteiger partial charge on any atom is -0.397 e. The lowest BCUT2D eigenvalue weighted by Crippen LogP contribution is -2.50. The number of aryl methyl sites for hydroxylation is 1. The molecule has 32 heavy (non-hydrogen) atoms. The van der Waals surface area contributed by atoms with Crippen molar-refractivity contribution < 1.29 is 4.79 Å². The molecule has 0 aliphatic heterocycles. The SMILES string of the molecule is Cc1ccc(N(N)CC(=O)C2CCC3C4CCC5CC(C)CCC5C4CCC23C)c(N)c1. The van der Waals surface area contributed by atoms with Gasteiger partial charge in [-0.3, -0.25) is 4.79 Å². The maximum Gasteiger partial charge on any atom is 0.157 e. The van der Waals surface area contributed by atoms with Gasteiger partial charge in [-0.15, -0.1) is 0 Å². The Bertz CT molecular complexity index is 868. The van der Waals surface area contributed by atoms with Crippen molar-refractivity contribution in [3.8, 4) is 0 Å².